The molecule has 0 aliphatic carbocycles. The van der Waals surface area contributed by atoms with E-state index in [0.717, 1.165) is 5.92 Å². The zero-order valence-corrected chi connectivity index (χ0v) is 7.97. The van der Waals surface area contributed by atoms with Crippen LogP contribution in [0.1, 0.15) is 13.8 Å². The van der Waals surface area contributed by atoms with Gasteiger partial charge in [0.05, 0.1) is 0 Å². The van der Waals surface area contributed by atoms with Gasteiger partial charge >= 0.3 is 62.1 Å². The van der Waals surface area contributed by atoms with Gasteiger partial charge in [0, 0.05) is 0 Å². The van der Waals surface area contributed by atoms with Crippen molar-refractivity contribution in [3.05, 3.63) is 0 Å². The van der Waals surface area contributed by atoms with Crippen molar-refractivity contribution in [2.45, 2.75) is 19.9 Å². The van der Waals surface area contributed by atoms with Crippen molar-refractivity contribution in [1.82, 2.24) is 0 Å². The molecule has 52 valence electrons. The van der Waals surface area contributed by atoms with Gasteiger partial charge in [-0.1, -0.05) is 0 Å². The molecule has 2 N–H and O–H groups in total. The summed E-state index contributed by atoms with van der Waals surface area (Å²) in [5, 5.41) is 0. The molecule has 0 saturated heterocycles. The van der Waals surface area contributed by atoms with E-state index >= 15 is 0 Å². The molecule has 0 bridgehead atoms. The van der Waals surface area contributed by atoms with Gasteiger partial charge in [-0.05, 0) is 0 Å². The molecule has 2 unspecified atom stereocenters. The minimum absolute atomic E-state index is 0.398. The maximum atomic E-state index is 5.64. The summed E-state index contributed by atoms with van der Waals surface area (Å²) in [6, 6.07) is 0.398. The summed E-state index contributed by atoms with van der Waals surface area (Å²) in [6.07, 6.45) is 0. The fourth-order valence-corrected chi connectivity index (χ4v) is 2.58. The molecule has 8 heavy (non-hydrogen) atoms. The quantitative estimate of drug-likeness (QED) is 0.426. The molecule has 0 aliphatic heterocycles. The second kappa shape index (κ2) is 4.56. The summed E-state index contributed by atoms with van der Waals surface area (Å²) in [6.45, 7) is 4.32. The van der Waals surface area contributed by atoms with E-state index < -0.39 is 0 Å². The zero-order chi connectivity index (χ0) is 6.57. The molecule has 0 amide bonds. The number of rotatable bonds is 3. The first-order valence-electron chi connectivity index (χ1n) is 2.87. The molecule has 0 aromatic carbocycles. The van der Waals surface area contributed by atoms with E-state index in [9.17, 15) is 0 Å². The van der Waals surface area contributed by atoms with Crippen molar-refractivity contribution in [3.8, 4) is 0 Å². The zero-order valence-electron chi connectivity index (χ0n) is 5.82. The Hall–Kier alpha value is 0.690. The average Bonchev–Trinajstić information content (AvgIpc) is 1.67. The molecule has 0 radical (unpaired) electrons. The molecule has 0 aromatic rings. The number of hydrogen-bond donors (Lipinski definition) is 1. The van der Waals surface area contributed by atoms with Crippen LogP contribution < -0.4 is 26.9 Å². The predicted octanol–water partition coefficient (Wildman–Crippen LogP) is -2.31. The van der Waals surface area contributed by atoms with Crippen LogP contribution in [0.25, 0.3) is 0 Å². The molecular weight excluding hydrogens is 213 g/mol. The first-order valence-corrected chi connectivity index (χ1v) is 6.56. The van der Waals surface area contributed by atoms with E-state index in [1.54, 1.807) is 0 Å². The third-order valence-electron chi connectivity index (χ3n) is 1.30. The SMILES string of the molecule is C[I-]CC(C)C(C)N. The van der Waals surface area contributed by atoms with E-state index in [0.29, 0.717) is 27.2 Å². The molecule has 0 aromatic heterocycles. The standard InChI is InChI=1S/C6H15IN/c1-5(4-7-3)6(2)8/h5-6H,4,8H2,1-3H3/q-1. The summed E-state index contributed by atoms with van der Waals surface area (Å²) in [5.74, 6) is 0.743. The van der Waals surface area contributed by atoms with Crippen LogP contribution >= 0.6 is 0 Å². The fourth-order valence-electron chi connectivity index (χ4n) is 0.384. The Balaban J connectivity index is 3.17. The Morgan fingerprint density at radius 3 is 2.12 bits per heavy atom. The molecule has 0 aliphatic rings. The molecule has 0 rings (SSSR count). The Morgan fingerprint density at radius 1 is 1.50 bits per heavy atom. The van der Waals surface area contributed by atoms with Crippen LogP contribution in [0.15, 0.2) is 0 Å². The first kappa shape index (κ1) is 8.69. The predicted molar refractivity (Wildman–Crippen MR) is 33.6 cm³/mol. The second-order valence-corrected chi connectivity index (χ2v) is 4.66. The Bertz CT molecular complexity index is 54.5. The Morgan fingerprint density at radius 2 is 2.00 bits per heavy atom. The molecule has 0 heterocycles. The van der Waals surface area contributed by atoms with Crippen LogP contribution in [0.5, 0.6) is 0 Å². The molecule has 0 fully saturated rings. The fraction of sp³-hybridized carbons (Fsp3) is 1.00. The van der Waals surface area contributed by atoms with Gasteiger partial charge in [-0.3, -0.25) is 0 Å². The van der Waals surface area contributed by atoms with Crippen molar-refractivity contribution < 1.29 is 21.2 Å². The van der Waals surface area contributed by atoms with Crippen molar-refractivity contribution in [3.63, 3.8) is 0 Å². The van der Waals surface area contributed by atoms with E-state index in [-0.39, 0.29) is 0 Å². The van der Waals surface area contributed by atoms with Gasteiger partial charge in [-0.15, -0.1) is 0 Å². The average molecular weight is 228 g/mol. The van der Waals surface area contributed by atoms with Gasteiger partial charge in [-0.25, -0.2) is 0 Å². The van der Waals surface area contributed by atoms with E-state index in [1.165, 1.54) is 4.43 Å². The van der Waals surface area contributed by atoms with Gasteiger partial charge < -0.3 is 0 Å². The summed E-state index contributed by atoms with van der Waals surface area (Å²) in [7, 11) is 0. The summed E-state index contributed by atoms with van der Waals surface area (Å²) in [5.41, 5.74) is 5.64. The molecule has 2 heteroatoms. The van der Waals surface area contributed by atoms with Gasteiger partial charge in [0.1, 0.15) is 0 Å². The molecule has 0 spiro atoms. The van der Waals surface area contributed by atoms with E-state index in [2.05, 4.69) is 18.8 Å². The van der Waals surface area contributed by atoms with Gasteiger partial charge in [0.15, 0.2) is 0 Å². The van der Waals surface area contributed by atoms with Crippen LogP contribution in [0.4, 0.5) is 0 Å². The van der Waals surface area contributed by atoms with Gasteiger partial charge in [0.2, 0.25) is 0 Å². The molecular formula is C6H15IN-. The monoisotopic (exact) mass is 228 g/mol. The minimum atomic E-state index is 0.398. The van der Waals surface area contributed by atoms with E-state index in [1.807, 2.05) is 0 Å². The van der Waals surface area contributed by atoms with Crippen LogP contribution in [0, 0.1) is 5.92 Å². The van der Waals surface area contributed by atoms with Crippen molar-refractivity contribution in [2.75, 3.05) is 9.36 Å². The second-order valence-electron chi connectivity index (χ2n) is 2.26. The van der Waals surface area contributed by atoms with Gasteiger partial charge in [0.25, 0.3) is 0 Å². The van der Waals surface area contributed by atoms with Crippen molar-refractivity contribution >= 4 is 0 Å². The van der Waals surface area contributed by atoms with E-state index in [4.69, 9.17) is 5.73 Å². The number of alkyl halides is 2. The topological polar surface area (TPSA) is 26.0 Å². The molecule has 2 atom stereocenters. The van der Waals surface area contributed by atoms with Crippen molar-refractivity contribution in [2.24, 2.45) is 11.7 Å². The number of halogens is 1. The number of nitrogens with two attached hydrogens (primary N) is 1. The van der Waals surface area contributed by atoms with Gasteiger partial charge in [-0.2, -0.15) is 0 Å². The third-order valence-corrected chi connectivity index (χ3v) is 3.57. The Labute approximate surface area is 62.3 Å². The summed E-state index contributed by atoms with van der Waals surface area (Å²) >= 11 is 0.454. The first-order chi connectivity index (χ1) is 3.68. The van der Waals surface area contributed by atoms with Crippen LogP contribution in [0.2, 0.25) is 0 Å². The molecule has 0 saturated carbocycles. The summed E-state index contributed by atoms with van der Waals surface area (Å²) in [4.78, 5) is 2.30. The Kier molecular flexibility index (Phi) is 4.95. The number of hydrogen-bond acceptors (Lipinski definition) is 1. The van der Waals surface area contributed by atoms with Crippen molar-refractivity contribution in [1.29, 1.82) is 0 Å². The normalized spacial score (nSPS) is 18.5. The molecule has 1 nitrogen and oxygen atoms in total. The maximum absolute atomic E-state index is 5.64. The summed E-state index contributed by atoms with van der Waals surface area (Å²) < 4.78 is 1.37. The van der Waals surface area contributed by atoms with Crippen LogP contribution in [-0.2, 0) is 0 Å². The van der Waals surface area contributed by atoms with Crippen LogP contribution in [0.3, 0.4) is 0 Å². The third kappa shape index (κ3) is 3.66. The van der Waals surface area contributed by atoms with Crippen LogP contribution in [-0.4, -0.2) is 15.4 Å².